The van der Waals surface area contributed by atoms with Crippen LogP contribution in [0.2, 0.25) is 10.0 Å². The van der Waals surface area contributed by atoms with E-state index in [2.05, 4.69) is 10.6 Å². The third-order valence-corrected chi connectivity index (χ3v) is 6.31. The average Bonchev–Trinajstić information content (AvgIpc) is 2.83. The Bertz CT molecular complexity index is 1180. The van der Waals surface area contributed by atoms with E-state index in [0.717, 1.165) is 15.4 Å². The molecule has 0 aromatic heterocycles. The van der Waals surface area contributed by atoms with E-state index < -0.39 is 18.5 Å². The Morgan fingerprint density at radius 1 is 0.800 bits per heavy atom. The normalized spacial score (nSPS) is 10.5. The van der Waals surface area contributed by atoms with Crippen molar-refractivity contribution in [2.24, 2.45) is 0 Å². The summed E-state index contributed by atoms with van der Waals surface area (Å²) in [6.07, 6.45) is 0.502. The van der Waals surface area contributed by atoms with Crippen LogP contribution in [0.5, 0.6) is 0 Å². The molecule has 3 aromatic rings. The van der Waals surface area contributed by atoms with E-state index >= 15 is 0 Å². The molecule has 0 fully saturated rings. The molecule has 0 spiro atoms. The van der Waals surface area contributed by atoms with Gasteiger partial charge in [-0.2, -0.15) is 0 Å². The Hall–Kier alpha value is -3.00. The van der Waals surface area contributed by atoms with Crippen LogP contribution in [0.15, 0.2) is 76.5 Å². The van der Waals surface area contributed by atoms with Gasteiger partial charge in [-0.05, 0) is 79.6 Å². The second-order valence-corrected chi connectivity index (χ2v) is 9.67. The molecule has 0 unspecified atom stereocenters. The molecule has 0 aliphatic carbocycles. The molecule has 9 heteroatoms. The fraction of sp³-hybridized carbons (Fsp3) is 0.192. The molecule has 0 radical (unpaired) electrons. The highest BCUT2D eigenvalue weighted by Gasteiger charge is 2.11. The third kappa shape index (κ3) is 9.28. The van der Waals surface area contributed by atoms with Crippen LogP contribution in [0, 0.1) is 6.92 Å². The van der Waals surface area contributed by atoms with E-state index in [1.54, 1.807) is 30.0 Å². The van der Waals surface area contributed by atoms with Gasteiger partial charge in [0, 0.05) is 44.1 Å². The Morgan fingerprint density at radius 3 is 2.11 bits per heavy atom. The van der Waals surface area contributed by atoms with Gasteiger partial charge in [-0.15, -0.1) is 0 Å². The molecule has 0 aliphatic heterocycles. The summed E-state index contributed by atoms with van der Waals surface area (Å²) < 4.78 is 4.99. The van der Waals surface area contributed by atoms with Crippen molar-refractivity contribution < 1.29 is 19.1 Å². The van der Waals surface area contributed by atoms with Gasteiger partial charge in [-0.1, -0.05) is 41.0 Å². The first-order valence-corrected chi connectivity index (χ1v) is 12.4. The number of esters is 1. The zero-order valence-corrected chi connectivity index (χ0v) is 21.3. The summed E-state index contributed by atoms with van der Waals surface area (Å²) in [6, 6.07) is 20.2. The van der Waals surface area contributed by atoms with Crippen molar-refractivity contribution in [2.75, 3.05) is 17.2 Å². The molecule has 0 bridgehead atoms. The first kappa shape index (κ1) is 26.6. The van der Waals surface area contributed by atoms with Gasteiger partial charge >= 0.3 is 5.97 Å². The lowest BCUT2D eigenvalue weighted by Crippen LogP contribution is -2.21. The average molecular weight is 531 g/mol. The minimum atomic E-state index is -0.542. The highest BCUT2D eigenvalue weighted by atomic mass is 35.5. The Kier molecular flexibility index (Phi) is 10.0. The number of carbonyl (C=O) groups excluding carboxylic acids is 3. The van der Waals surface area contributed by atoms with E-state index in [0.29, 0.717) is 27.8 Å². The Labute approximate surface area is 218 Å². The monoisotopic (exact) mass is 530 g/mol. The molecule has 2 amide bonds. The maximum atomic E-state index is 12.2. The quantitative estimate of drug-likeness (QED) is 0.283. The fourth-order valence-electron chi connectivity index (χ4n) is 3.00. The second-order valence-electron chi connectivity index (χ2n) is 7.65. The van der Waals surface area contributed by atoms with Crippen LogP contribution in [0.1, 0.15) is 24.8 Å². The summed E-state index contributed by atoms with van der Waals surface area (Å²) in [5, 5.41) is 6.65. The molecule has 3 rings (SSSR count). The molecular formula is C26H24Cl2N2O4S. The molecular weight excluding hydrogens is 507 g/mol. The van der Waals surface area contributed by atoms with Crippen molar-refractivity contribution in [3.8, 4) is 0 Å². The number of halogens is 2. The number of anilines is 2. The minimum absolute atomic E-state index is 0.0353. The molecule has 0 saturated heterocycles. The highest BCUT2D eigenvalue weighted by molar-refractivity contribution is 7.99. The third-order valence-electron chi connectivity index (χ3n) is 4.81. The zero-order chi connectivity index (χ0) is 25.2. The lowest BCUT2D eigenvalue weighted by molar-refractivity contribution is -0.147. The number of benzene rings is 3. The van der Waals surface area contributed by atoms with Crippen LogP contribution in [0.25, 0.3) is 0 Å². The van der Waals surface area contributed by atoms with E-state index in [4.69, 9.17) is 27.9 Å². The van der Waals surface area contributed by atoms with Gasteiger partial charge in [0.2, 0.25) is 5.91 Å². The number of amides is 2. The van der Waals surface area contributed by atoms with Crippen LogP contribution in [-0.4, -0.2) is 24.4 Å². The largest absolute Gasteiger partial charge is 0.456 e. The number of aryl methyl sites for hydroxylation is 1. The highest BCUT2D eigenvalue weighted by Crippen LogP contribution is 2.29. The maximum Gasteiger partial charge on any atom is 0.306 e. The number of hydrogen-bond donors (Lipinski definition) is 2. The van der Waals surface area contributed by atoms with Gasteiger partial charge in [0.25, 0.3) is 5.91 Å². The molecule has 35 heavy (non-hydrogen) atoms. The molecule has 6 nitrogen and oxygen atoms in total. The summed E-state index contributed by atoms with van der Waals surface area (Å²) in [6.45, 7) is 1.43. The van der Waals surface area contributed by atoms with E-state index in [1.807, 2.05) is 55.5 Å². The number of hydrogen-bond acceptors (Lipinski definition) is 5. The lowest BCUT2D eigenvalue weighted by Gasteiger charge is -2.09. The van der Waals surface area contributed by atoms with E-state index in [1.165, 1.54) is 0 Å². The van der Waals surface area contributed by atoms with Crippen molar-refractivity contribution in [2.45, 2.75) is 36.0 Å². The zero-order valence-electron chi connectivity index (χ0n) is 19.0. The minimum Gasteiger partial charge on any atom is -0.456 e. The van der Waals surface area contributed by atoms with E-state index in [9.17, 15) is 14.4 Å². The van der Waals surface area contributed by atoms with E-state index in [-0.39, 0.29) is 18.7 Å². The Balaban J connectivity index is 1.33. The van der Waals surface area contributed by atoms with Crippen molar-refractivity contribution in [1.82, 2.24) is 0 Å². The fourth-order valence-corrected chi connectivity index (χ4v) is 4.11. The molecule has 2 N–H and O–H groups in total. The predicted molar refractivity (Wildman–Crippen MR) is 140 cm³/mol. The van der Waals surface area contributed by atoms with Crippen LogP contribution in [0.3, 0.4) is 0 Å². The Morgan fingerprint density at radius 2 is 1.43 bits per heavy atom. The van der Waals surface area contributed by atoms with Gasteiger partial charge < -0.3 is 15.4 Å². The molecule has 0 aliphatic rings. The van der Waals surface area contributed by atoms with Crippen molar-refractivity contribution >= 4 is 64.1 Å². The first-order valence-electron chi connectivity index (χ1n) is 10.8. The first-order chi connectivity index (χ1) is 16.8. The number of rotatable bonds is 10. The summed E-state index contributed by atoms with van der Waals surface area (Å²) in [5.74, 6) is -1.21. The SMILES string of the molecule is Cc1ccc(Cl)cc1NC(=O)COC(=O)CCCC(=O)Nc1ccc(Sc2ccc(Cl)cc2)cc1. The van der Waals surface area contributed by atoms with Crippen LogP contribution >= 0.6 is 35.0 Å². The van der Waals surface area contributed by atoms with Gasteiger partial charge in [0.1, 0.15) is 0 Å². The van der Waals surface area contributed by atoms with Gasteiger partial charge in [0.15, 0.2) is 6.61 Å². The van der Waals surface area contributed by atoms with Gasteiger partial charge in [-0.3, -0.25) is 14.4 Å². The number of ether oxygens (including phenoxy) is 1. The molecule has 3 aromatic carbocycles. The number of carbonyl (C=O) groups is 3. The smallest absolute Gasteiger partial charge is 0.306 e. The van der Waals surface area contributed by atoms with Gasteiger partial charge in [0.05, 0.1) is 0 Å². The van der Waals surface area contributed by atoms with Crippen LogP contribution in [-0.2, 0) is 19.1 Å². The predicted octanol–water partition coefficient (Wildman–Crippen LogP) is 6.74. The summed E-state index contributed by atoms with van der Waals surface area (Å²) >= 11 is 13.4. The second kappa shape index (κ2) is 13.2. The summed E-state index contributed by atoms with van der Waals surface area (Å²) in [7, 11) is 0. The van der Waals surface area contributed by atoms with Crippen molar-refractivity contribution in [3.63, 3.8) is 0 Å². The molecule has 0 heterocycles. The molecule has 0 saturated carbocycles. The van der Waals surface area contributed by atoms with Crippen molar-refractivity contribution in [3.05, 3.63) is 82.3 Å². The van der Waals surface area contributed by atoms with Crippen LogP contribution < -0.4 is 10.6 Å². The molecule has 0 atom stereocenters. The molecule has 182 valence electrons. The summed E-state index contributed by atoms with van der Waals surface area (Å²) in [5.41, 5.74) is 2.08. The standard InChI is InChI=1S/C26H24Cl2N2O4S/c1-17-5-6-19(28)15-23(17)30-25(32)16-34-26(33)4-2-3-24(31)29-20-9-13-22(14-10-20)35-21-11-7-18(27)8-12-21/h5-15H,2-4,16H2,1H3,(H,29,31)(H,30,32). The lowest BCUT2D eigenvalue weighted by atomic mass is 10.2. The van der Waals surface area contributed by atoms with Gasteiger partial charge in [-0.25, -0.2) is 0 Å². The summed E-state index contributed by atoms with van der Waals surface area (Å²) in [4.78, 5) is 38.2. The maximum absolute atomic E-state index is 12.2. The van der Waals surface area contributed by atoms with Crippen molar-refractivity contribution in [1.29, 1.82) is 0 Å². The van der Waals surface area contributed by atoms with Crippen LogP contribution in [0.4, 0.5) is 11.4 Å². The number of nitrogens with one attached hydrogen (secondary N) is 2. The topological polar surface area (TPSA) is 84.5 Å².